The first-order valence-electron chi connectivity index (χ1n) is 4.92. The Morgan fingerprint density at radius 2 is 2.18 bits per heavy atom. The van der Waals surface area contributed by atoms with Gasteiger partial charge in [-0.15, -0.1) is 0 Å². The first-order valence-corrected chi connectivity index (χ1v) is 6.09. The number of benzene rings is 1. The number of nitrogens with zero attached hydrogens (tertiary/aromatic N) is 1. The van der Waals surface area contributed by atoms with E-state index in [9.17, 15) is 0 Å². The predicted molar refractivity (Wildman–Crippen MR) is 72.6 cm³/mol. The highest BCUT2D eigenvalue weighted by Crippen LogP contribution is 2.32. The van der Waals surface area contributed by atoms with Crippen LogP contribution in [-0.4, -0.2) is 4.98 Å². The minimum atomic E-state index is 0.461. The maximum atomic E-state index is 5.81. The van der Waals surface area contributed by atoms with Crippen LogP contribution in [0.25, 0.3) is 0 Å². The molecule has 0 fully saturated rings. The van der Waals surface area contributed by atoms with E-state index in [1.807, 2.05) is 25.1 Å². The van der Waals surface area contributed by atoms with E-state index in [0.717, 1.165) is 5.56 Å². The van der Waals surface area contributed by atoms with Crippen LogP contribution < -0.4 is 10.5 Å². The van der Waals surface area contributed by atoms with E-state index in [-0.39, 0.29) is 0 Å². The quantitative estimate of drug-likeness (QED) is 0.846. The van der Waals surface area contributed by atoms with Crippen molar-refractivity contribution in [1.29, 1.82) is 0 Å². The Hall–Kier alpha value is -1.26. The Labute approximate surface area is 113 Å². The molecule has 0 bridgehead atoms. The summed E-state index contributed by atoms with van der Waals surface area (Å²) < 4.78 is 6.38. The molecule has 2 rings (SSSR count). The molecule has 0 atom stereocenters. The average Bonchev–Trinajstić information content (AvgIpc) is 2.28. The van der Waals surface area contributed by atoms with E-state index in [4.69, 9.17) is 22.1 Å². The summed E-state index contributed by atoms with van der Waals surface area (Å²) in [7, 11) is 0. The number of halogens is 2. The summed E-state index contributed by atoms with van der Waals surface area (Å²) >= 11 is 9.15. The van der Waals surface area contributed by atoms with Crippen LogP contribution in [0.1, 0.15) is 5.56 Å². The number of anilines is 1. The average molecular weight is 314 g/mol. The number of hydrogen-bond donors (Lipinski definition) is 1. The summed E-state index contributed by atoms with van der Waals surface area (Å²) in [4.78, 5) is 4.10. The zero-order chi connectivity index (χ0) is 12.4. The Morgan fingerprint density at radius 3 is 2.88 bits per heavy atom. The molecular weight excluding hydrogens is 304 g/mol. The van der Waals surface area contributed by atoms with Gasteiger partial charge in [0, 0.05) is 17.4 Å². The number of rotatable bonds is 2. The van der Waals surface area contributed by atoms with E-state index in [1.165, 1.54) is 6.20 Å². The fourth-order valence-corrected chi connectivity index (χ4v) is 2.04. The van der Waals surface area contributed by atoms with Gasteiger partial charge in [0.1, 0.15) is 5.75 Å². The highest BCUT2D eigenvalue weighted by molar-refractivity contribution is 9.10. The van der Waals surface area contributed by atoms with Gasteiger partial charge in [0.05, 0.1) is 9.50 Å². The van der Waals surface area contributed by atoms with Gasteiger partial charge in [-0.3, -0.25) is 0 Å². The van der Waals surface area contributed by atoms with E-state index in [2.05, 4.69) is 20.9 Å². The second-order valence-electron chi connectivity index (χ2n) is 3.51. The van der Waals surface area contributed by atoms with E-state index >= 15 is 0 Å². The van der Waals surface area contributed by atoms with E-state index in [1.54, 1.807) is 6.07 Å². The molecule has 3 nitrogen and oxygen atoms in total. The lowest BCUT2D eigenvalue weighted by molar-refractivity contribution is 0.456. The molecule has 2 N–H and O–H groups in total. The van der Waals surface area contributed by atoms with Gasteiger partial charge >= 0.3 is 0 Å². The number of hydrogen-bond acceptors (Lipinski definition) is 3. The van der Waals surface area contributed by atoms with Gasteiger partial charge in [-0.25, -0.2) is 4.98 Å². The number of aromatic nitrogens is 1. The van der Waals surface area contributed by atoms with Crippen molar-refractivity contribution in [1.82, 2.24) is 4.98 Å². The largest absolute Gasteiger partial charge is 0.438 e. The first-order chi connectivity index (χ1) is 8.08. The van der Waals surface area contributed by atoms with Crippen LogP contribution in [0.15, 0.2) is 34.9 Å². The number of pyridine rings is 1. The van der Waals surface area contributed by atoms with Gasteiger partial charge < -0.3 is 10.5 Å². The predicted octanol–water partition coefficient (Wildman–Crippen LogP) is 4.18. The van der Waals surface area contributed by atoms with Crippen LogP contribution >= 0.6 is 27.5 Å². The van der Waals surface area contributed by atoms with Gasteiger partial charge in [0.25, 0.3) is 0 Å². The second kappa shape index (κ2) is 4.94. The standard InChI is InChI=1S/C12H10BrClN2O/c1-7-10(15)3-2-4-11(7)17-12-9(13)5-8(14)6-16-12/h2-6H,15H2,1H3. The summed E-state index contributed by atoms with van der Waals surface area (Å²) in [5.74, 6) is 1.14. The smallest absolute Gasteiger partial charge is 0.233 e. The van der Waals surface area contributed by atoms with Crippen LogP contribution in [0, 0.1) is 6.92 Å². The third kappa shape index (κ3) is 2.70. The Balaban J connectivity index is 2.35. The summed E-state index contributed by atoms with van der Waals surface area (Å²) in [6.45, 7) is 1.90. The molecule has 5 heteroatoms. The van der Waals surface area contributed by atoms with Crippen LogP contribution in [0.5, 0.6) is 11.6 Å². The van der Waals surface area contributed by atoms with Crippen molar-refractivity contribution in [2.24, 2.45) is 0 Å². The lowest BCUT2D eigenvalue weighted by Crippen LogP contribution is -1.95. The molecule has 1 aromatic heterocycles. The van der Waals surface area contributed by atoms with E-state index < -0.39 is 0 Å². The maximum absolute atomic E-state index is 5.81. The highest BCUT2D eigenvalue weighted by Gasteiger charge is 2.08. The number of nitrogen functional groups attached to an aromatic ring is 1. The molecule has 0 aliphatic carbocycles. The van der Waals surface area contributed by atoms with Crippen molar-refractivity contribution in [3.05, 3.63) is 45.5 Å². The Bertz CT molecular complexity index is 560. The minimum Gasteiger partial charge on any atom is -0.438 e. The van der Waals surface area contributed by atoms with Crippen molar-refractivity contribution in [2.75, 3.05) is 5.73 Å². The Morgan fingerprint density at radius 1 is 1.41 bits per heavy atom. The molecule has 0 spiro atoms. The van der Waals surface area contributed by atoms with Crippen molar-refractivity contribution in [3.63, 3.8) is 0 Å². The fourth-order valence-electron chi connectivity index (χ4n) is 1.32. The van der Waals surface area contributed by atoms with Crippen LogP contribution in [0.2, 0.25) is 5.02 Å². The minimum absolute atomic E-state index is 0.461. The third-order valence-electron chi connectivity index (χ3n) is 2.31. The van der Waals surface area contributed by atoms with Gasteiger partial charge in [-0.2, -0.15) is 0 Å². The molecule has 17 heavy (non-hydrogen) atoms. The van der Waals surface area contributed by atoms with Gasteiger partial charge in [-0.05, 0) is 41.1 Å². The second-order valence-corrected chi connectivity index (χ2v) is 4.80. The summed E-state index contributed by atoms with van der Waals surface area (Å²) in [5.41, 5.74) is 7.38. The molecule has 88 valence electrons. The molecule has 2 aromatic rings. The molecule has 0 saturated carbocycles. The monoisotopic (exact) mass is 312 g/mol. The van der Waals surface area contributed by atoms with Gasteiger partial charge in [0.15, 0.2) is 0 Å². The molecule has 0 unspecified atom stereocenters. The zero-order valence-corrected chi connectivity index (χ0v) is 11.4. The van der Waals surface area contributed by atoms with Crippen molar-refractivity contribution in [3.8, 4) is 11.6 Å². The van der Waals surface area contributed by atoms with Gasteiger partial charge in [0.2, 0.25) is 5.88 Å². The molecule has 0 aliphatic heterocycles. The van der Waals surface area contributed by atoms with Crippen LogP contribution in [0.3, 0.4) is 0 Å². The topological polar surface area (TPSA) is 48.1 Å². The molecule has 1 aromatic carbocycles. The normalized spacial score (nSPS) is 10.3. The van der Waals surface area contributed by atoms with Gasteiger partial charge in [-0.1, -0.05) is 17.7 Å². The van der Waals surface area contributed by atoms with Crippen molar-refractivity contribution in [2.45, 2.75) is 6.92 Å². The van der Waals surface area contributed by atoms with Crippen LogP contribution in [-0.2, 0) is 0 Å². The maximum Gasteiger partial charge on any atom is 0.233 e. The van der Waals surface area contributed by atoms with Crippen LogP contribution in [0.4, 0.5) is 5.69 Å². The molecule has 0 radical (unpaired) electrons. The highest BCUT2D eigenvalue weighted by atomic mass is 79.9. The molecule has 0 aliphatic rings. The van der Waals surface area contributed by atoms with Crippen molar-refractivity contribution >= 4 is 33.2 Å². The Kier molecular flexibility index (Phi) is 3.54. The molecule has 1 heterocycles. The summed E-state index contributed by atoms with van der Waals surface area (Å²) in [5, 5.41) is 0.550. The first kappa shape index (κ1) is 12.2. The molecular formula is C12H10BrClN2O. The van der Waals surface area contributed by atoms with E-state index in [0.29, 0.717) is 26.8 Å². The fraction of sp³-hybridized carbons (Fsp3) is 0.0833. The third-order valence-corrected chi connectivity index (χ3v) is 3.08. The SMILES string of the molecule is Cc1c(N)cccc1Oc1ncc(Cl)cc1Br. The lowest BCUT2D eigenvalue weighted by atomic mass is 10.2. The molecule has 0 saturated heterocycles. The number of ether oxygens (including phenoxy) is 1. The van der Waals surface area contributed by atoms with Crippen molar-refractivity contribution < 1.29 is 4.74 Å². The summed E-state index contributed by atoms with van der Waals surface area (Å²) in [6.07, 6.45) is 1.53. The zero-order valence-electron chi connectivity index (χ0n) is 9.08. The summed E-state index contributed by atoms with van der Waals surface area (Å²) in [6, 6.07) is 7.23. The lowest BCUT2D eigenvalue weighted by Gasteiger charge is -2.10. The molecule has 0 amide bonds. The number of nitrogens with two attached hydrogens (primary N) is 1.